The Morgan fingerprint density at radius 3 is 2.14 bits per heavy atom. The van der Waals surface area contributed by atoms with E-state index in [1.807, 2.05) is 72.8 Å². The zero-order chi connectivity index (χ0) is 25.0. The molecule has 0 saturated carbocycles. The van der Waals surface area contributed by atoms with Crippen LogP contribution in [0.2, 0.25) is 0 Å². The molecule has 2 heterocycles. The van der Waals surface area contributed by atoms with Gasteiger partial charge in [0.2, 0.25) is 15.9 Å². The highest BCUT2D eigenvalue weighted by Crippen LogP contribution is 2.32. The third kappa shape index (κ3) is 5.52. The number of carbonyl (C=O) groups excluding carboxylic acids is 1. The van der Waals surface area contributed by atoms with Crippen molar-refractivity contribution >= 4 is 27.7 Å². The fourth-order valence-corrected chi connectivity index (χ4v) is 7.96. The maximum Gasteiger partial charge on any atom is 0.249 e. The largest absolute Gasteiger partial charge is 0.346 e. The van der Waals surface area contributed by atoms with E-state index in [0.29, 0.717) is 12.3 Å². The molecule has 2 aliphatic rings. The molecule has 2 fully saturated rings. The van der Waals surface area contributed by atoms with Gasteiger partial charge < -0.3 is 10.2 Å². The number of benzene rings is 3. The summed E-state index contributed by atoms with van der Waals surface area (Å²) in [6, 6.07) is 26.5. The van der Waals surface area contributed by atoms with Crippen LogP contribution in [-0.4, -0.2) is 60.8 Å². The van der Waals surface area contributed by atoms with Gasteiger partial charge in [-0.05, 0) is 54.8 Å². The minimum absolute atomic E-state index is 0.187. The Morgan fingerprint density at radius 2 is 1.47 bits per heavy atom. The van der Waals surface area contributed by atoms with Crippen LogP contribution in [0.4, 0.5) is 0 Å². The van der Waals surface area contributed by atoms with Crippen LogP contribution in [-0.2, 0) is 14.8 Å². The zero-order valence-corrected chi connectivity index (χ0v) is 21.8. The van der Waals surface area contributed by atoms with Gasteiger partial charge in [-0.25, -0.2) is 8.42 Å². The van der Waals surface area contributed by atoms with Gasteiger partial charge in [-0.3, -0.25) is 4.79 Å². The van der Waals surface area contributed by atoms with Crippen molar-refractivity contribution in [2.24, 2.45) is 0 Å². The molecule has 2 saturated heterocycles. The number of nitrogens with zero attached hydrogens (tertiary/aromatic N) is 2. The summed E-state index contributed by atoms with van der Waals surface area (Å²) in [5.41, 5.74) is 3.01. The van der Waals surface area contributed by atoms with Gasteiger partial charge in [0.25, 0.3) is 0 Å². The monoisotopic (exact) mass is 521 g/mol. The Bertz CT molecular complexity index is 1260. The second kappa shape index (κ2) is 11.2. The van der Waals surface area contributed by atoms with Crippen LogP contribution in [0.15, 0.2) is 89.8 Å². The number of nitrogens with one attached hydrogen (secondary N) is 1. The molecule has 0 aromatic heterocycles. The van der Waals surface area contributed by atoms with E-state index in [4.69, 9.17) is 0 Å². The van der Waals surface area contributed by atoms with E-state index >= 15 is 0 Å². The first-order chi connectivity index (χ1) is 17.5. The molecule has 6 nitrogen and oxygen atoms in total. The summed E-state index contributed by atoms with van der Waals surface area (Å²) in [6.07, 6.45) is 2.34. The molecule has 1 N–H and O–H groups in total. The highest BCUT2D eigenvalue weighted by Gasteiger charge is 2.41. The molecule has 188 valence electrons. The maximum atomic E-state index is 13.6. The third-order valence-corrected chi connectivity index (χ3v) is 10.0. The Hall–Kier alpha value is -2.65. The number of sulfonamides is 1. The first-order valence-electron chi connectivity index (χ1n) is 12.4. The van der Waals surface area contributed by atoms with Crippen molar-refractivity contribution in [1.82, 2.24) is 14.5 Å². The highest BCUT2D eigenvalue weighted by molar-refractivity contribution is 8.02. The van der Waals surface area contributed by atoms with Crippen molar-refractivity contribution in [2.75, 3.05) is 31.9 Å². The predicted molar refractivity (Wildman–Crippen MR) is 145 cm³/mol. The van der Waals surface area contributed by atoms with Crippen molar-refractivity contribution in [3.8, 4) is 11.1 Å². The van der Waals surface area contributed by atoms with Crippen LogP contribution < -0.4 is 5.32 Å². The summed E-state index contributed by atoms with van der Waals surface area (Å²) in [5, 5.41) is 2.40. The fraction of sp³-hybridized carbons (Fsp3) is 0.321. The van der Waals surface area contributed by atoms with E-state index < -0.39 is 15.4 Å². The lowest BCUT2D eigenvalue weighted by Gasteiger charge is -2.28. The molecule has 3 aromatic rings. The molecule has 8 heteroatoms. The minimum atomic E-state index is -3.81. The third-order valence-electron chi connectivity index (χ3n) is 6.80. The standard InChI is InChI=1S/C28H31N3O3S2/c32-27(29-26(21-30-17-7-8-18-30)24-11-5-2-6-12-24)28-31(19-20-35-28)36(33,34)25-15-13-23(14-16-25)22-9-3-1-4-10-22/h1-6,9-16,26,28H,7-8,17-21H2,(H,29,32). The predicted octanol–water partition coefficient (Wildman–Crippen LogP) is 4.37. The van der Waals surface area contributed by atoms with Crippen LogP contribution >= 0.6 is 11.8 Å². The number of amides is 1. The van der Waals surface area contributed by atoms with Gasteiger partial charge in [0.05, 0.1) is 10.9 Å². The topological polar surface area (TPSA) is 69.7 Å². The highest BCUT2D eigenvalue weighted by atomic mass is 32.2. The summed E-state index contributed by atoms with van der Waals surface area (Å²) in [5.74, 6) is 0.330. The number of rotatable bonds is 8. The van der Waals surface area contributed by atoms with Gasteiger partial charge >= 0.3 is 0 Å². The normalized spacial score (nSPS) is 19.8. The molecule has 2 atom stereocenters. The van der Waals surface area contributed by atoms with E-state index in [1.54, 1.807) is 12.1 Å². The van der Waals surface area contributed by atoms with Gasteiger partial charge in [-0.1, -0.05) is 72.8 Å². The molecular formula is C28H31N3O3S2. The number of thioether (sulfide) groups is 1. The summed E-state index contributed by atoms with van der Waals surface area (Å²) < 4.78 is 28.5. The number of hydrogen-bond acceptors (Lipinski definition) is 5. The fourth-order valence-electron chi connectivity index (χ4n) is 4.88. The quantitative estimate of drug-likeness (QED) is 0.477. The van der Waals surface area contributed by atoms with Crippen molar-refractivity contribution in [2.45, 2.75) is 29.2 Å². The average Bonchev–Trinajstić information content (AvgIpc) is 3.62. The van der Waals surface area contributed by atoms with Gasteiger partial charge in [-0.2, -0.15) is 4.31 Å². The molecule has 0 radical (unpaired) electrons. The van der Waals surface area contributed by atoms with Crippen molar-refractivity contribution in [1.29, 1.82) is 0 Å². The molecule has 3 aromatic carbocycles. The number of likely N-dealkylation sites (tertiary alicyclic amines) is 1. The Balaban J connectivity index is 1.33. The van der Waals surface area contributed by atoms with Gasteiger partial charge in [0.1, 0.15) is 5.37 Å². The van der Waals surface area contributed by atoms with E-state index in [0.717, 1.165) is 36.3 Å². The van der Waals surface area contributed by atoms with E-state index in [2.05, 4.69) is 10.2 Å². The molecule has 2 unspecified atom stereocenters. The van der Waals surface area contributed by atoms with Crippen LogP contribution in [0.5, 0.6) is 0 Å². The first kappa shape index (κ1) is 25.0. The Kier molecular flexibility index (Phi) is 7.76. The van der Waals surface area contributed by atoms with Gasteiger partial charge in [0.15, 0.2) is 0 Å². The first-order valence-corrected chi connectivity index (χ1v) is 14.9. The molecule has 5 rings (SSSR count). The van der Waals surface area contributed by atoms with Crippen LogP contribution in [0.1, 0.15) is 24.4 Å². The van der Waals surface area contributed by atoms with E-state index in [9.17, 15) is 13.2 Å². The van der Waals surface area contributed by atoms with Crippen molar-refractivity contribution in [3.63, 3.8) is 0 Å². The smallest absolute Gasteiger partial charge is 0.249 e. The lowest BCUT2D eigenvalue weighted by Crippen LogP contribution is -2.47. The maximum absolute atomic E-state index is 13.6. The van der Waals surface area contributed by atoms with Crippen molar-refractivity contribution in [3.05, 3.63) is 90.5 Å². The second-order valence-electron chi connectivity index (χ2n) is 9.21. The minimum Gasteiger partial charge on any atom is -0.346 e. The lowest BCUT2D eigenvalue weighted by molar-refractivity contribution is -0.123. The summed E-state index contributed by atoms with van der Waals surface area (Å²) in [6.45, 7) is 3.09. The van der Waals surface area contributed by atoms with Gasteiger partial charge in [0, 0.05) is 18.8 Å². The molecule has 0 spiro atoms. The Labute approximate surface area is 217 Å². The van der Waals surface area contributed by atoms with Crippen LogP contribution in [0.25, 0.3) is 11.1 Å². The molecule has 0 bridgehead atoms. The molecular weight excluding hydrogens is 490 g/mol. The summed E-state index contributed by atoms with van der Waals surface area (Å²) in [4.78, 5) is 16.0. The lowest BCUT2D eigenvalue weighted by atomic mass is 10.1. The van der Waals surface area contributed by atoms with Gasteiger partial charge in [-0.15, -0.1) is 11.8 Å². The molecule has 2 aliphatic heterocycles. The second-order valence-corrected chi connectivity index (χ2v) is 12.3. The van der Waals surface area contributed by atoms with Crippen LogP contribution in [0, 0.1) is 0 Å². The molecule has 36 heavy (non-hydrogen) atoms. The van der Waals surface area contributed by atoms with Crippen molar-refractivity contribution < 1.29 is 13.2 Å². The Morgan fingerprint density at radius 1 is 0.861 bits per heavy atom. The number of hydrogen-bond donors (Lipinski definition) is 1. The van der Waals surface area contributed by atoms with E-state index in [1.165, 1.54) is 28.9 Å². The average molecular weight is 522 g/mol. The summed E-state index contributed by atoms with van der Waals surface area (Å²) >= 11 is 1.38. The summed E-state index contributed by atoms with van der Waals surface area (Å²) in [7, 11) is -3.81. The van der Waals surface area contributed by atoms with Crippen LogP contribution in [0.3, 0.4) is 0 Å². The van der Waals surface area contributed by atoms with E-state index in [-0.39, 0.29) is 16.8 Å². The molecule has 1 amide bonds. The SMILES string of the molecule is O=C(NC(CN1CCCC1)c1ccccc1)C1SCCN1S(=O)(=O)c1ccc(-c2ccccc2)cc1. The zero-order valence-electron chi connectivity index (χ0n) is 20.1. The number of carbonyl (C=O) groups is 1. The molecule has 0 aliphatic carbocycles.